The molecule has 1 heterocycles. The number of nitrogens with one attached hydrogen (secondary N) is 1. The number of amidine groups is 1. The zero-order valence-corrected chi connectivity index (χ0v) is 23.9. The van der Waals surface area contributed by atoms with Crippen molar-refractivity contribution in [1.82, 2.24) is 5.32 Å². The van der Waals surface area contributed by atoms with Crippen LogP contribution in [0.25, 0.3) is 6.08 Å². The molecule has 4 rings (SSSR count). The number of hydrogen-bond donors (Lipinski definition) is 1. The Labute approximate surface area is 233 Å². The van der Waals surface area contributed by atoms with Gasteiger partial charge in [0.15, 0.2) is 16.7 Å². The molecular weight excluding hydrogens is 627 g/mol. The minimum atomic E-state index is -4.07. The number of benzene rings is 3. The first-order valence-corrected chi connectivity index (χ1v) is 14.4. The molecule has 1 fully saturated rings. The summed E-state index contributed by atoms with van der Waals surface area (Å²) in [6, 6.07) is 16.9. The Hall–Kier alpha value is -3.03. The third kappa shape index (κ3) is 6.65. The van der Waals surface area contributed by atoms with Crippen molar-refractivity contribution in [3.63, 3.8) is 0 Å². The van der Waals surface area contributed by atoms with Gasteiger partial charge in [-0.3, -0.25) is 4.79 Å². The van der Waals surface area contributed by atoms with E-state index in [1.54, 1.807) is 68.6 Å². The zero-order chi connectivity index (χ0) is 26.6. The first kappa shape index (κ1) is 27.0. The largest absolute Gasteiger partial charge is 0.497 e. The molecule has 0 saturated carbocycles. The van der Waals surface area contributed by atoms with Gasteiger partial charge in [0.05, 0.1) is 27.9 Å². The average Bonchev–Trinajstić information content (AvgIpc) is 3.20. The molecule has 1 amide bonds. The molecule has 8 nitrogen and oxygen atoms in total. The molecule has 0 atom stereocenters. The molecule has 0 aromatic heterocycles. The lowest BCUT2D eigenvalue weighted by atomic mass is 10.2. The second kappa shape index (κ2) is 11.6. The molecule has 1 saturated heterocycles. The molecule has 0 bridgehead atoms. The average molecular weight is 651 g/mol. The summed E-state index contributed by atoms with van der Waals surface area (Å²) < 4.78 is 42.6. The molecule has 192 valence electrons. The van der Waals surface area contributed by atoms with Crippen molar-refractivity contribution in [2.75, 3.05) is 13.7 Å². The summed E-state index contributed by atoms with van der Waals surface area (Å²) in [5.41, 5.74) is 2.26. The fourth-order valence-electron chi connectivity index (χ4n) is 3.28. The summed E-state index contributed by atoms with van der Waals surface area (Å²) in [4.78, 5) is 17.5. The predicted molar refractivity (Wildman–Crippen MR) is 153 cm³/mol. The van der Waals surface area contributed by atoms with Crippen molar-refractivity contribution in [3.8, 4) is 17.2 Å². The lowest BCUT2D eigenvalue weighted by Crippen LogP contribution is -2.19. The monoisotopic (exact) mass is 650 g/mol. The van der Waals surface area contributed by atoms with Crippen LogP contribution in [0.5, 0.6) is 17.2 Å². The highest BCUT2D eigenvalue weighted by atomic mass is 127. The Morgan fingerprint density at radius 1 is 1.08 bits per heavy atom. The van der Waals surface area contributed by atoms with Gasteiger partial charge < -0.3 is 19.0 Å². The van der Waals surface area contributed by atoms with Crippen LogP contribution in [-0.4, -0.2) is 33.2 Å². The highest BCUT2D eigenvalue weighted by molar-refractivity contribution is 14.1. The van der Waals surface area contributed by atoms with E-state index >= 15 is 0 Å². The van der Waals surface area contributed by atoms with Crippen LogP contribution < -0.4 is 19.0 Å². The molecular formula is C26H23IN2O6S2. The van der Waals surface area contributed by atoms with Gasteiger partial charge in [-0.05, 0) is 108 Å². The number of halogens is 1. The number of carbonyl (C=O) groups is 1. The lowest BCUT2D eigenvalue weighted by molar-refractivity contribution is -0.115. The number of hydrogen-bond acceptors (Lipinski definition) is 8. The number of methoxy groups -OCH3 is 1. The van der Waals surface area contributed by atoms with Crippen LogP contribution in [0.1, 0.15) is 18.1 Å². The first-order valence-electron chi connectivity index (χ1n) is 11.1. The van der Waals surface area contributed by atoms with Gasteiger partial charge in [0.1, 0.15) is 10.6 Å². The van der Waals surface area contributed by atoms with Crippen molar-refractivity contribution in [1.29, 1.82) is 0 Å². The number of rotatable bonds is 8. The van der Waals surface area contributed by atoms with E-state index in [4.69, 9.17) is 13.7 Å². The second-order valence-corrected chi connectivity index (χ2v) is 11.5. The molecule has 0 spiro atoms. The number of aryl methyl sites for hydroxylation is 1. The van der Waals surface area contributed by atoms with E-state index in [2.05, 4.69) is 10.3 Å². The van der Waals surface area contributed by atoms with Gasteiger partial charge in [0.25, 0.3) is 5.91 Å². The first-order chi connectivity index (χ1) is 17.7. The van der Waals surface area contributed by atoms with E-state index in [1.807, 2.05) is 29.5 Å². The maximum Gasteiger partial charge on any atom is 0.339 e. The van der Waals surface area contributed by atoms with Crippen molar-refractivity contribution < 1.29 is 26.9 Å². The number of amides is 1. The van der Waals surface area contributed by atoms with E-state index in [-0.39, 0.29) is 22.3 Å². The molecule has 3 aromatic carbocycles. The molecule has 1 aliphatic heterocycles. The van der Waals surface area contributed by atoms with Crippen LogP contribution in [0, 0.1) is 10.5 Å². The maximum atomic E-state index is 12.9. The zero-order valence-electron chi connectivity index (χ0n) is 20.1. The summed E-state index contributed by atoms with van der Waals surface area (Å²) in [5, 5.41) is 3.21. The highest BCUT2D eigenvalue weighted by Gasteiger charge is 2.25. The Morgan fingerprint density at radius 2 is 1.78 bits per heavy atom. The highest BCUT2D eigenvalue weighted by Crippen LogP contribution is 2.38. The Bertz CT molecular complexity index is 1480. The van der Waals surface area contributed by atoms with E-state index in [0.717, 1.165) is 5.56 Å². The molecule has 1 aliphatic rings. The van der Waals surface area contributed by atoms with Gasteiger partial charge in [-0.25, -0.2) is 4.99 Å². The molecule has 3 aromatic rings. The van der Waals surface area contributed by atoms with E-state index in [1.165, 1.54) is 23.9 Å². The number of aliphatic imine (C=N–C) groups is 1. The molecule has 11 heteroatoms. The Kier molecular flexibility index (Phi) is 8.45. The van der Waals surface area contributed by atoms with Crippen LogP contribution in [0.15, 0.2) is 75.5 Å². The van der Waals surface area contributed by atoms with Gasteiger partial charge >= 0.3 is 10.1 Å². The molecule has 1 N–H and O–H groups in total. The van der Waals surface area contributed by atoms with Gasteiger partial charge in [0, 0.05) is 0 Å². The standard InChI is InChI=1S/C26H23IN2O6S2/c1-4-34-22-14-17(13-21(27)24(22)35-37(31,32)20-11-5-16(2)6-12-20)15-23-25(30)29-26(36-23)28-18-7-9-19(33-3)10-8-18/h5-15H,4H2,1-3H3,(H,28,29,30)/b23-15-. The minimum Gasteiger partial charge on any atom is -0.497 e. The van der Waals surface area contributed by atoms with Gasteiger partial charge in [0.2, 0.25) is 0 Å². The predicted octanol–water partition coefficient (Wildman–Crippen LogP) is 5.67. The van der Waals surface area contributed by atoms with Crippen molar-refractivity contribution in [2.45, 2.75) is 18.7 Å². The molecule has 0 unspecified atom stereocenters. The molecule has 0 radical (unpaired) electrons. The number of thioether (sulfide) groups is 1. The van der Waals surface area contributed by atoms with Gasteiger partial charge in [-0.2, -0.15) is 8.42 Å². The Morgan fingerprint density at radius 3 is 2.43 bits per heavy atom. The maximum absolute atomic E-state index is 12.9. The van der Waals surface area contributed by atoms with Crippen LogP contribution >= 0.6 is 34.4 Å². The van der Waals surface area contributed by atoms with Crippen molar-refractivity contribution in [2.24, 2.45) is 4.99 Å². The fourth-order valence-corrected chi connectivity index (χ4v) is 5.97. The van der Waals surface area contributed by atoms with Crippen molar-refractivity contribution in [3.05, 3.63) is 80.3 Å². The quantitative estimate of drug-likeness (QED) is 0.191. The normalized spacial score (nSPS) is 15.6. The number of carbonyl (C=O) groups excluding carboxylic acids is 1. The molecule has 0 aliphatic carbocycles. The molecule has 37 heavy (non-hydrogen) atoms. The van der Waals surface area contributed by atoms with E-state index < -0.39 is 10.1 Å². The summed E-state index contributed by atoms with van der Waals surface area (Å²) in [7, 11) is -2.48. The third-order valence-corrected chi connectivity index (χ3v) is 8.03. The summed E-state index contributed by atoms with van der Waals surface area (Å²) in [6.07, 6.45) is 1.69. The lowest BCUT2D eigenvalue weighted by Gasteiger charge is -2.14. The van der Waals surface area contributed by atoms with Crippen molar-refractivity contribution >= 4 is 67.3 Å². The second-order valence-electron chi connectivity index (χ2n) is 7.79. The van der Waals surface area contributed by atoms with E-state index in [9.17, 15) is 13.2 Å². The van der Waals surface area contributed by atoms with Crippen LogP contribution in [0.2, 0.25) is 0 Å². The smallest absolute Gasteiger partial charge is 0.339 e. The minimum absolute atomic E-state index is 0.0465. The van der Waals surface area contributed by atoms with Gasteiger partial charge in [-0.1, -0.05) is 17.7 Å². The van der Waals surface area contributed by atoms with Crippen LogP contribution in [0.3, 0.4) is 0 Å². The van der Waals surface area contributed by atoms with Crippen LogP contribution in [-0.2, 0) is 14.9 Å². The summed E-state index contributed by atoms with van der Waals surface area (Å²) in [5.74, 6) is 0.780. The van der Waals surface area contributed by atoms with Crippen LogP contribution in [0.4, 0.5) is 5.69 Å². The van der Waals surface area contributed by atoms with E-state index in [0.29, 0.717) is 37.3 Å². The summed E-state index contributed by atoms with van der Waals surface area (Å²) >= 11 is 3.20. The summed E-state index contributed by atoms with van der Waals surface area (Å²) in [6.45, 7) is 3.96. The van der Waals surface area contributed by atoms with Gasteiger partial charge in [-0.15, -0.1) is 0 Å². The third-order valence-electron chi connectivity index (χ3n) is 5.09. The number of ether oxygens (including phenoxy) is 2. The topological polar surface area (TPSA) is 103 Å². The Balaban J connectivity index is 1.60. The SMILES string of the molecule is CCOc1cc(/C=C2\SC(=Nc3ccc(OC)cc3)NC2=O)cc(I)c1OS(=O)(=O)c1ccc(C)cc1. The fraction of sp³-hybridized carbons (Fsp3) is 0.154. The number of nitrogens with zero attached hydrogens (tertiary/aromatic N) is 1.